The molecule has 0 atom stereocenters. The molecule has 0 saturated carbocycles. The summed E-state index contributed by atoms with van der Waals surface area (Å²) in [7, 11) is -2.10. The van der Waals surface area contributed by atoms with E-state index in [1.165, 1.54) is 43.5 Å². The zero-order chi connectivity index (χ0) is 17.0. The lowest BCUT2D eigenvalue weighted by Gasteiger charge is -2.07. The van der Waals surface area contributed by atoms with Crippen molar-refractivity contribution in [1.82, 2.24) is 0 Å². The predicted molar refractivity (Wildman–Crippen MR) is 85.9 cm³/mol. The Hall–Kier alpha value is -2.47. The van der Waals surface area contributed by atoms with Crippen LogP contribution in [-0.4, -0.2) is 27.6 Å². The van der Waals surface area contributed by atoms with E-state index in [9.17, 15) is 17.6 Å². The maximum absolute atomic E-state index is 12.8. The van der Waals surface area contributed by atoms with Crippen molar-refractivity contribution in [2.24, 2.45) is 0 Å². The fourth-order valence-electron chi connectivity index (χ4n) is 1.97. The molecular weight excluding hydrogens is 319 g/mol. The number of rotatable bonds is 5. The van der Waals surface area contributed by atoms with E-state index in [4.69, 9.17) is 4.74 Å². The quantitative estimate of drug-likeness (QED) is 0.622. The van der Waals surface area contributed by atoms with Crippen molar-refractivity contribution >= 4 is 21.7 Å². The van der Waals surface area contributed by atoms with Gasteiger partial charge in [-0.2, -0.15) is 0 Å². The fraction of sp³-hybridized carbons (Fsp3) is 0.118. The molecule has 0 N–H and O–H groups in total. The zero-order valence-electron chi connectivity index (χ0n) is 12.6. The fourth-order valence-corrected chi connectivity index (χ4v) is 2.79. The summed E-state index contributed by atoms with van der Waals surface area (Å²) >= 11 is 0. The number of ether oxygens (including phenoxy) is 1. The highest BCUT2D eigenvalue weighted by atomic mass is 32.2. The minimum absolute atomic E-state index is 0.0269. The highest BCUT2D eigenvalue weighted by Gasteiger charge is 2.16. The summed E-state index contributed by atoms with van der Waals surface area (Å²) in [6.07, 6.45) is 3.96. The van der Waals surface area contributed by atoms with Gasteiger partial charge in [-0.1, -0.05) is 18.2 Å². The summed E-state index contributed by atoms with van der Waals surface area (Å²) in [4.78, 5) is 12.2. The molecule has 120 valence electrons. The maximum Gasteiger partial charge on any atom is 0.185 e. The van der Waals surface area contributed by atoms with Gasteiger partial charge in [0.15, 0.2) is 15.6 Å². The third-order valence-electron chi connectivity index (χ3n) is 3.14. The molecule has 6 heteroatoms. The van der Waals surface area contributed by atoms with Gasteiger partial charge < -0.3 is 4.74 Å². The number of carbonyl (C=O) groups is 1. The molecule has 0 aliphatic carbocycles. The average molecular weight is 334 g/mol. The molecule has 2 aromatic rings. The Bertz CT molecular complexity index is 853. The van der Waals surface area contributed by atoms with Crippen LogP contribution in [0.4, 0.5) is 4.39 Å². The zero-order valence-corrected chi connectivity index (χ0v) is 13.4. The van der Waals surface area contributed by atoms with E-state index < -0.39 is 9.84 Å². The summed E-state index contributed by atoms with van der Waals surface area (Å²) in [6.45, 7) is 0. The number of hydrogen-bond acceptors (Lipinski definition) is 4. The Balaban J connectivity index is 2.28. The Morgan fingerprint density at radius 3 is 2.35 bits per heavy atom. The second-order valence-electron chi connectivity index (χ2n) is 4.89. The molecule has 0 fully saturated rings. The highest BCUT2D eigenvalue weighted by molar-refractivity contribution is 7.90. The van der Waals surface area contributed by atoms with Crippen molar-refractivity contribution in [1.29, 1.82) is 0 Å². The van der Waals surface area contributed by atoms with Gasteiger partial charge in [-0.25, -0.2) is 12.8 Å². The molecule has 0 amide bonds. The van der Waals surface area contributed by atoms with Crippen LogP contribution in [0, 0.1) is 5.82 Å². The van der Waals surface area contributed by atoms with Crippen LogP contribution in [0.3, 0.4) is 0 Å². The van der Waals surface area contributed by atoms with Crippen LogP contribution in [0.5, 0.6) is 5.75 Å². The van der Waals surface area contributed by atoms with E-state index in [-0.39, 0.29) is 22.2 Å². The van der Waals surface area contributed by atoms with Gasteiger partial charge in [-0.3, -0.25) is 4.79 Å². The van der Waals surface area contributed by atoms with Crippen LogP contribution >= 0.6 is 0 Å². The van der Waals surface area contributed by atoms with E-state index in [1.54, 1.807) is 18.2 Å². The molecule has 0 saturated heterocycles. The van der Waals surface area contributed by atoms with Crippen LogP contribution in [0.25, 0.3) is 6.08 Å². The number of sulfone groups is 1. The predicted octanol–water partition coefficient (Wildman–Crippen LogP) is 3.13. The number of carbonyl (C=O) groups excluding carboxylic acids is 1. The van der Waals surface area contributed by atoms with Gasteiger partial charge in [-0.05, 0) is 42.0 Å². The molecule has 0 radical (unpaired) electrons. The lowest BCUT2D eigenvalue weighted by molar-refractivity contribution is 0.104. The molecular formula is C17H15FO4S. The van der Waals surface area contributed by atoms with Crippen molar-refractivity contribution in [3.05, 3.63) is 65.5 Å². The molecule has 0 bridgehead atoms. The van der Waals surface area contributed by atoms with Gasteiger partial charge in [0, 0.05) is 11.8 Å². The van der Waals surface area contributed by atoms with E-state index in [0.29, 0.717) is 11.1 Å². The molecule has 23 heavy (non-hydrogen) atoms. The Morgan fingerprint density at radius 2 is 1.78 bits per heavy atom. The minimum atomic E-state index is -3.44. The lowest BCUT2D eigenvalue weighted by atomic mass is 10.1. The number of ketones is 1. The standard InChI is InChI=1S/C17H15FO4S/c1-22-16-11-13(6-10-17(16)23(2,20)21)15(19)9-5-12-3-7-14(18)8-4-12/h3-11H,1-2H3/b9-5+. The summed E-state index contributed by atoms with van der Waals surface area (Å²) in [6, 6.07) is 9.85. The third-order valence-corrected chi connectivity index (χ3v) is 4.28. The topological polar surface area (TPSA) is 60.4 Å². The first kappa shape index (κ1) is 16.9. The summed E-state index contributed by atoms with van der Waals surface area (Å²) in [5.41, 5.74) is 0.979. The first-order chi connectivity index (χ1) is 10.8. The number of halogens is 1. The van der Waals surface area contributed by atoms with Crippen molar-refractivity contribution in [2.75, 3.05) is 13.4 Å². The van der Waals surface area contributed by atoms with Crippen molar-refractivity contribution in [3.63, 3.8) is 0 Å². The number of hydrogen-bond donors (Lipinski definition) is 0. The second kappa shape index (κ2) is 6.75. The first-order valence-corrected chi connectivity index (χ1v) is 8.56. The van der Waals surface area contributed by atoms with Gasteiger partial charge in [0.05, 0.1) is 7.11 Å². The third kappa shape index (κ3) is 4.26. The Morgan fingerprint density at radius 1 is 1.13 bits per heavy atom. The van der Waals surface area contributed by atoms with Crippen LogP contribution in [-0.2, 0) is 9.84 Å². The number of methoxy groups -OCH3 is 1. The van der Waals surface area contributed by atoms with Gasteiger partial charge in [-0.15, -0.1) is 0 Å². The van der Waals surface area contributed by atoms with Crippen LogP contribution in [0.2, 0.25) is 0 Å². The smallest absolute Gasteiger partial charge is 0.185 e. The number of benzene rings is 2. The van der Waals surface area contributed by atoms with Gasteiger partial charge in [0.2, 0.25) is 0 Å². The largest absolute Gasteiger partial charge is 0.495 e. The Labute approximate surface area is 134 Å². The molecule has 2 aromatic carbocycles. The molecule has 0 heterocycles. The van der Waals surface area contributed by atoms with E-state index in [1.807, 2.05) is 0 Å². The van der Waals surface area contributed by atoms with Crippen LogP contribution in [0.15, 0.2) is 53.4 Å². The Kier molecular flexibility index (Phi) is 4.95. The molecule has 0 spiro atoms. The molecule has 0 unspecified atom stereocenters. The van der Waals surface area contributed by atoms with Gasteiger partial charge >= 0.3 is 0 Å². The maximum atomic E-state index is 12.8. The molecule has 0 aliphatic rings. The van der Waals surface area contributed by atoms with Crippen molar-refractivity contribution in [3.8, 4) is 5.75 Å². The van der Waals surface area contributed by atoms with E-state index in [0.717, 1.165) is 6.26 Å². The van der Waals surface area contributed by atoms with Gasteiger partial charge in [0.25, 0.3) is 0 Å². The average Bonchev–Trinajstić information content (AvgIpc) is 2.52. The summed E-state index contributed by atoms with van der Waals surface area (Å²) in [5, 5.41) is 0. The lowest BCUT2D eigenvalue weighted by Crippen LogP contribution is -2.03. The highest BCUT2D eigenvalue weighted by Crippen LogP contribution is 2.25. The van der Waals surface area contributed by atoms with E-state index >= 15 is 0 Å². The summed E-state index contributed by atoms with van der Waals surface area (Å²) in [5.74, 6) is -0.546. The SMILES string of the molecule is COc1cc(C(=O)/C=C/c2ccc(F)cc2)ccc1S(C)(=O)=O. The summed E-state index contributed by atoms with van der Waals surface area (Å²) < 4.78 is 41.1. The van der Waals surface area contributed by atoms with Crippen LogP contribution in [0.1, 0.15) is 15.9 Å². The molecule has 2 rings (SSSR count). The molecule has 0 aromatic heterocycles. The van der Waals surface area contributed by atoms with Crippen molar-refractivity contribution in [2.45, 2.75) is 4.90 Å². The van der Waals surface area contributed by atoms with Crippen molar-refractivity contribution < 1.29 is 22.3 Å². The van der Waals surface area contributed by atoms with Crippen LogP contribution < -0.4 is 4.74 Å². The molecule has 4 nitrogen and oxygen atoms in total. The number of allylic oxidation sites excluding steroid dienone is 1. The second-order valence-corrected chi connectivity index (χ2v) is 6.87. The van der Waals surface area contributed by atoms with Gasteiger partial charge in [0.1, 0.15) is 16.5 Å². The first-order valence-electron chi connectivity index (χ1n) is 6.67. The van der Waals surface area contributed by atoms with E-state index in [2.05, 4.69) is 0 Å². The normalized spacial score (nSPS) is 11.6. The minimum Gasteiger partial charge on any atom is -0.495 e. The molecule has 0 aliphatic heterocycles. The monoisotopic (exact) mass is 334 g/mol.